The first kappa shape index (κ1) is 25.7. The maximum atomic E-state index is 12.7. The second-order valence-electron chi connectivity index (χ2n) is 7.67. The van der Waals surface area contributed by atoms with Gasteiger partial charge in [-0.2, -0.15) is 12.6 Å². The fraction of sp³-hybridized carbons (Fsp3) is 0.722. The van der Waals surface area contributed by atoms with Gasteiger partial charge in [-0.25, -0.2) is 4.79 Å². The molecule has 1 fully saturated rings. The first-order valence-corrected chi connectivity index (χ1v) is 10.3. The van der Waals surface area contributed by atoms with Crippen molar-refractivity contribution >= 4 is 42.3 Å². The van der Waals surface area contributed by atoms with Crippen molar-refractivity contribution in [3.8, 4) is 0 Å². The summed E-state index contributed by atoms with van der Waals surface area (Å²) in [7, 11) is 0. The Labute approximate surface area is 180 Å². The molecule has 0 radical (unpaired) electrons. The van der Waals surface area contributed by atoms with Gasteiger partial charge < -0.3 is 31.5 Å². The Bertz CT molecular complexity index is 673. The first-order valence-electron chi connectivity index (χ1n) is 9.70. The molecular formula is C18H30N4O7S. The topological polar surface area (TPSA) is 179 Å². The molecule has 0 aromatic carbocycles. The van der Waals surface area contributed by atoms with Crippen LogP contribution in [-0.4, -0.2) is 81.2 Å². The van der Waals surface area contributed by atoms with Gasteiger partial charge in [-0.05, 0) is 25.2 Å². The molecule has 0 aliphatic carbocycles. The van der Waals surface area contributed by atoms with Crippen LogP contribution in [-0.2, 0) is 24.0 Å². The standard InChI is InChI=1S/C18H30N4O7S/c1-9(2)6-10(19)17(27)22-5-3-4-13(22)16(26)20-11(7-14(23)24)15(25)21-12(8-30)18(28)29/h9-13,30H,3-8,19H2,1-2H3,(H,20,26)(H,21,25)(H,23,24)(H,28,29). The summed E-state index contributed by atoms with van der Waals surface area (Å²) in [6, 6.07) is -4.48. The molecule has 0 spiro atoms. The predicted molar refractivity (Wildman–Crippen MR) is 110 cm³/mol. The molecule has 4 unspecified atom stereocenters. The van der Waals surface area contributed by atoms with Crippen molar-refractivity contribution < 1.29 is 34.2 Å². The molecule has 1 saturated heterocycles. The van der Waals surface area contributed by atoms with Gasteiger partial charge in [-0.15, -0.1) is 0 Å². The van der Waals surface area contributed by atoms with E-state index in [0.717, 1.165) is 0 Å². The van der Waals surface area contributed by atoms with Gasteiger partial charge in [0.2, 0.25) is 17.7 Å². The number of likely N-dealkylation sites (tertiary alicyclic amines) is 1. The quantitative estimate of drug-likeness (QED) is 0.214. The molecule has 6 N–H and O–H groups in total. The number of nitrogens with zero attached hydrogens (tertiary/aromatic N) is 1. The number of carbonyl (C=O) groups is 5. The molecule has 11 nitrogen and oxygen atoms in total. The molecule has 1 rings (SSSR count). The van der Waals surface area contributed by atoms with Crippen LogP contribution in [0.5, 0.6) is 0 Å². The maximum absolute atomic E-state index is 12.7. The molecule has 1 aliphatic rings. The summed E-state index contributed by atoms with van der Waals surface area (Å²) in [6.45, 7) is 4.18. The van der Waals surface area contributed by atoms with Gasteiger partial charge in [0.25, 0.3) is 0 Å². The van der Waals surface area contributed by atoms with Crippen molar-refractivity contribution in [2.45, 2.75) is 63.7 Å². The highest BCUT2D eigenvalue weighted by Crippen LogP contribution is 2.20. The minimum atomic E-state index is -1.50. The number of thiol groups is 1. The summed E-state index contributed by atoms with van der Waals surface area (Å²) < 4.78 is 0. The number of rotatable bonds is 11. The Morgan fingerprint density at radius 1 is 1.13 bits per heavy atom. The molecule has 12 heteroatoms. The van der Waals surface area contributed by atoms with Gasteiger partial charge in [0, 0.05) is 12.3 Å². The van der Waals surface area contributed by atoms with E-state index in [2.05, 4.69) is 23.3 Å². The smallest absolute Gasteiger partial charge is 0.327 e. The summed E-state index contributed by atoms with van der Waals surface area (Å²) >= 11 is 3.83. The number of nitrogens with two attached hydrogens (primary N) is 1. The molecule has 1 aliphatic heterocycles. The van der Waals surface area contributed by atoms with Crippen LogP contribution in [0.2, 0.25) is 0 Å². The van der Waals surface area contributed by atoms with E-state index < -0.39 is 54.3 Å². The minimum Gasteiger partial charge on any atom is -0.481 e. The highest BCUT2D eigenvalue weighted by molar-refractivity contribution is 7.80. The highest BCUT2D eigenvalue weighted by Gasteiger charge is 2.38. The van der Waals surface area contributed by atoms with Crippen LogP contribution in [0.1, 0.15) is 39.5 Å². The van der Waals surface area contributed by atoms with E-state index in [1.54, 1.807) is 0 Å². The van der Waals surface area contributed by atoms with Gasteiger partial charge in [-0.1, -0.05) is 13.8 Å². The number of amides is 3. The van der Waals surface area contributed by atoms with E-state index in [1.165, 1.54) is 4.90 Å². The van der Waals surface area contributed by atoms with Crippen molar-refractivity contribution in [1.82, 2.24) is 15.5 Å². The Hall–Kier alpha value is -2.34. The van der Waals surface area contributed by atoms with Crippen molar-refractivity contribution in [2.75, 3.05) is 12.3 Å². The lowest BCUT2D eigenvalue weighted by molar-refractivity contribution is -0.144. The van der Waals surface area contributed by atoms with Crippen molar-refractivity contribution in [3.63, 3.8) is 0 Å². The Kier molecular flexibility index (Phi) is 10.1. The lowest BCUT2D eigenvalue weighted by atomic mass is 10.0. The maximum Gasteiger partial charge on any atom is 0.327 e. The fourth-order valence-corrected chi connectivity index (χ4v) is 3.48. The van der Waals surface area contributed by atoms with Crippen LogP contribution in [0.25, 0.3) is 0 Å². The number of hydrogen-bond donors (Lipinski definition) is 6. The molecule has 0 aromatic rings. The lowest BCUT2D eigenvalue weighted by Crippen LogP contribution is -2.57. The van der Waals surface area contributed by atoms with Crippen LogP contribution in [0, 0.1) is 5.92 Å². The third kappa shape index (κ3) is 7.48. The molecule has 1 heterocycles. The van der Waals surface area contributed by atoms with Crippen LogP contribution in [0.4, 0.5) is 0 Å². The largest absolute Gasteiger partial charge is 0.481 e. The second kappa shape index (κ2) is 11.7. The van der Waals surface area contributed by atoms with E-state index in [-0.39, 0.29) is 17.6 Å². The van der Waals surface area contributed by atoms with Crippen LogP contribution < -0.4 is 16.4 Å². The summed E-state index contributed by atoms with van der Waals surface area (Å²) in [5.41, 5.74) is 5.95. The molecule has 30 heavy (non-hydrogen) atoms. The molecule has 0 bridgehead atoms. The lowest BCUT2D eigenvalue weighted by Gasteiger charge is -2.28. The Balaban J connectivity index is 2.89. The molecule has 170 valence electrons. The van der Waals surface area contributed by atoms with Gasteiger partial charge >= 0.3 is 11.9 Å². The van der Waals surface area contributed by atoms with Crippen molar-refractivity contribution in [2.24, 2.45) is 11.7 Å². The third-order valence-corrected chi connectivity index (χ3v) is 5.06. The van der Waals surface area contributed by atoms with Crippen molar-refractivity contribution in [1.29, 1.82) is 0 Å². The number of carboxylic acid groups (broad SMARTS) is 2. The van der Waals surface area contributed by atoms with Gasteiger partial charge in [0.05, 0.1) is 12.5 Å². The van der Waals surface area contributed by atoms with Crippen molar-refractivity contribution in [3.05, 3.63) is 0 Å². The zero-order valence-corrected chi connectivity index (χ0v) is 17.9. The summed E-state index contributed by atoms with van der Waals surface area (Å²) in [6.07, 6.45) is 0.620. The van der Waals surface area contributed by atoms with Crippen LogP contribution in [0.3, 0.4) is 0 Å². The highest BCUT2D eigenvalue weighted by atomic mass is 32.1. The summed E-state index contributed by atoms with van der Waals surface area (Å²) in [5.74, 6) is -4.74. The number of hydrogen-bond acceptors (Lipinski definition) is 7. The number of carboxylic acids is 2. The fourth-order valence-electron chi connectivity index (χ4n) is 3.23. The molecule has 4 atom stereocenters. The van der Waals surface area contributed by atoms with Gasteiger partial charge in [0.15, 0.2) is 0 Å². The number of aliphatic carboxylic acids is 2. The normalized spacial score (nSPS) is 19.1. The summed E-state index contributed by atoms with van der Waals surface area (Å²) in [4.78, 5) is 61.3. The van der Waals surface area contributed by atoms with E-state index in [9.17, 15) is 24.0 Å². The monoisotopic (exact) mass is 446 g/mol. The van der Waals surface area contributed by atoms with Gasteiger partial charge in [0.1, 0.15) is 18.1 Å². The van der Waals surface area contributed by atoms with Crippen LogP contribution >= 0.6 is 12.6 Å². The molecular weight excluding hydrogens is 416 g/mol. The molecule has 0 saturated carbocycles. The molecule has 0 aromatic heterocycles. The van der Waals surface area contributed by atoms with Crippen LogP contribution in [0.15, 0.2) is 0 Å². The molecule has 3 amide bonds. The predicted octanol–water partition coefficient (Wildman–Crippen LogP) is -1.19. The number of nitrogens with one attached hydrogen (secondary N) is 2. The Morgan fingerprint density at radius 3 is 2.27 bits per heavy atom. The van der Waals surface area contributed by atoms with E-state index in [0.29, 0.717) is 25.8 Å². The summed E-state index contributed by atoms with van der Waals surface area (Å²) in [5, 5.41) is 22.6. The third-order valence-electron chi connectivity index (χ3n) is 4.69. The number of carbonyl (C=O) groups excluding carboxylic acids is 3. The minimum absolute atomic E-state index is 0.191. The first-order chi connectivity index (χ1) is 14.0. The van der Waals surface area contributed by atoms with E-state index >= 15 is 0 Å². The Morgan fingerprint density at radius 2 is 1.77 bits per heavy atom. The van der Waals surface area contributed by atoms with E-state index in [4.69, 9.17) is 15.9 Å². The SMILES string of the molecule is CC(C)CC(N)C(=O)N1CCCC1C(=O)NC(CC(=O)O)C(=O)NC(CS)C(=O)O. The average Bonchev–Trinajstić information content (AvgIpc) is 3.13. The zero-order valence-electron chi connectivity index (χ0n) is 17.0. The van der Waals surface area contributed by atoms with Gasteiger partial charge in [-0.3, -0.25) is 19.2 Å². The van der Waals surface area contributed by atoms with E-state index in [1.807, 2.05) is 13.8 Å². The second-order valence-corrected chi connectivity index (χ2v) is 8.03. The average molecular weight is 447 g/mol. The zero-order chi connectivity index (χ0) is 23.0.